The van der Waals surface area contributed by atoms with E-state index in [-0.39, 0.29) is 24.8 Å². The molecule has 9 nitrogen and oxygen atoms in total. The average molecular weight is 642 g/mol. The Hall–Kier alpha value is -4.48. The number of aldehydes is 1. The number of nitrogens with one attached hydrogen (secondary N) is 2. The molecule has 3 rings (SSSR count). The third kappa shape index (κ3) is 14.5. The van der Waals surface area contributed by atoms with E-state index in [0.29, 0.717) is 36.9 Å². The molecule has 1 aliphatic carbocycles. The molecule has 2 atom stereocenters. The number of carbonyl (C=O) groups excluding carboxylic acids is 3. The third-order valence-corrected chi connectivity index (χ3v) is 6.73. The molecule has 0 saturated carbocycles. The summed E-state index contributed by atoms with van der Waals surface area (Å²) in [6.45, 7) is 10.9. The Labute approximate surface area is 271 Å². The topological polar surface area (TPSA) is 152 Å². The van der Waals surface area contributed by atoms with Gasteiger partial charge in [-0.15, -0.1) is 6.58 Å². The maximum atomic E-state index is 13.4. The Balaban J connectivity index is 0.00000201. The molecule has 2 amide bonds. The fourth-order valence-corrected chi connectivity index (χ4v) is 4.50. The molecule has 0 aliphatic heterocycles. The van der Waals surface area contributed by atoms with Crippen molar-refractivity contribution in [2.75, 3.05) is 6.54 Å². The van der Waals surface area contributed by atoms with E-state index < -0.39 is 12.7 Å². The smallest absolute Gasteiger partial charge is 0.346 e. The number of hydrazine groups is 1. The van der Waals surface area contributed by atoms with Crippen LogP contribution >= 0.6 is 0 Å². The first-order valence-electron chi connectivity index (χ1n) is 14.9. The van der Waals surface area contributed by atoms with Crippen molar-refractivity contribution in [3.8, 4) is 11.1 Å². The van der Waals surface area contributed by atoms with Gasteiger partial charge in [0.25, 0.3) is 0 Å². The number of ether oxygens (including phenoxy) is 1. The van der Waals surface area contributed by atoms with E-state index in [1.807, 2.05) is 58.9 Å². The van der Waals surface area contributed by atoms with E-state index in [2.05, 4.69) is 29.5 Å². The van der Waals surface area contributed by atoms with Gasteiger partial charge in [0.05, 0.1) is 12.8 Å². The van der Waals surface area contributed by atoms with Gasteiger partial charge in [0.1, 0.15) is 12.4 Å². The Bertz CT molecular complexity index is 1300. The van der Waals surface area contributed by atoms with Gasteiger partial charge in [0.15, 0.2) is 0 Å². The highest BCUT2D eigenvalue weighted by atomic mass is 19.3. The maximum Gasteiger partial charge on any atom is 0.346 e. The van der Waals surface area contributed by atoms with Crippen LogP contribution in [0.5, 0.6) is 0 Å². The quantitative estimate of drug-likeness (QED) is 0.0379. The fourth-order valence-electron chi connectivity index (χ4n) is 4.50. The lowest BCUT2D eigenvalue weighted by Crippen LogP contribution is -2.48. The number of alkyl halides is 2. The normalized spacial score (nSPS) is 13.6. The molecule has 46 heavy (non-hydrogen) atoms. The van der Waals surface area contributed by atoms with Crippen molar-refractivity contribution < 1.29 is 27.9 Å². The SMILES string of the molecule is C/C=C(C)\C=C(/C)[C@@H](C)NN(CCCCC=O)C(=O)Cc1ccc2c(c1)-c1ccccc1C2OC(F)F.C=CC.N=CN.NC=O. The van der Waals surface area contributed by atoms with Crippen molar-refractivity contribution in [2.24, 2.45) is 11.5 Å². The first kappa shape index (κ1) is 41.5. The Morgan fingerprint density at radius 1 is 1.09 bits per heavy atom. The van der Waals surface area contributed by atoms with Crippen molar-refractivity contribution in [1.29, 1.82) is 5.41 Å². The van der Waals surface area contributed by atoms with Gasteiger partial charge in [-0.1, -0.05) is 71.8 Å². The second-order valence-corrected chi connectivity index (χ2v) is 10.2. The van der Waals surface area contributed by atoms with E-state index in [4.69, 9.17) is 14.9 Å². The summed E-state index contributed by atoms with van der Waals surface area (Å²) < 4.78 is 31.2. The highest BCUT2D eigenvalue weighted by Crippen LogP contribution is 2.46. The van der Waals surface area contributed by atoms with Gasteiger partial charge in [0, 0.05) is 19.0 Å². The molecule has 11 heteroatoms. The largest absolute Gasteiger partial charge is 0.390 e. The van der Waals surface area contributed by atoms with Gasteiger partial charge in [-0.05, 0) is 75.3 Å². The van der Waals surface area contributed by atoms with E-state index >= 15 is 0 Å². The molecule has 0 heterocycles. The number of hydrogen-bond acceptors (Lipinski definition) is 6. The first-order chi connectivity index (χ1) is 22.0. The summed E-state index contributed by atoms with van der Waals surface area (Å²) in [6, 6.07) is 12.8. The molecule has 1 aliphatic rings. The Kier molecular flexibility index (Phi) is 21.5. The number of amides is 2. The third-order valence-electron chi connectivity index (χ3n) is 6.73. The second kappa shape index (κ2) is 23.8. The number of primary amides is 1. The van der Waals surface area contributed by atoms with Gasteiger partial charge in [-0.2, -0.15) is 8.78 Å². The zero-order valence-electron chi connectivity index (χ0n) is 27.5. The van der Waals surface area contributed by atoms with Crippen LogP contribution in [-0.4, -0.2) is 49.1 Å². The van der Waals surface area contributed by atoms with Gasteiger partial charge in [-0.25, -0.2) is 5.43 Å². The zero-order chi connectivity index (χ0) is 35.1. The molecule has 0 fully saturated rings. The van der Waals surface area contributed by atoms with Crippen molar-refractivity contribution in [3.05, 3.63) is 95.1 Å². The van der Waals surface area contributed by atoms with Crippen LogP contribution in [0, 0.1) is 5.41 Å². The number of rotatable bonds is 13. The molecule has 252 valence electrons. The number of carbonyl (C=O) groups is 3. The van der Waals surface area contributed by atoms with Crippen molar-refractivity contribution in [3.63, 3.8) is 0 Å². The number of allylic oxidation sites excluding steroid dienone is 4. The van der Waals surface area contributed by atoms with E-state index in [1.165, 1.54) is 0 Å². The van der Waals surface area contributed by atoms with Crippen molar-refractivity contribution in [2.45, 2.75) is 79.1 Å². The second-order valence-electron chi connectivity index (χ2n) is 10.2. The summed E-state index contributed by atoms with van der Waals surface area (Å²) in [5, 5.41) is 7.50. The number of benzene rings is 2. The molecule has 1 unspecified atom stereocenters. The lowest BCUT2D eigenvalue weighted by molar-refractivity contribution is -0.152. The number of unbranched alkanes of at least 4 members (excludes halogenated alkanes) is 2. The molecule has 0 saturated heterocycles. The Morgan fingerprint density at radius 2 is 1.67 bits per heavy atom. The van der Waals surface area contributed by atoms with Crippen LogP contribution < -0.4 is 16.9 Å². The molecule has 0 radical (unpaired) electrons. The summed E-state index contributed by atoms with van der Waals surface area (Å²) in [5.74, 6) is -0.0971. The van der Waals surface area contributed by atoms with Crippen LogP contribution in [0.1, 0.15) is 76.7 Å². The van der Waals surface area contributed by atoms with Crippen LogP contribution in [0.25, 0.3) is 11.1 Å². The molecule has 0 spiro atoms. The monoisotopic (exact) mass is 641 g/mol. The predicted octanol–water partition coefficient (Wildman–Crippen LogP) is 6.39. The van der Waals surface area contributed by atoms with E-state index in [9.17, 15) is 18.4 Å². The maximum absolute atomic E-state index is 13.4. The van der Waals surface area contributed by atoms with Gasteiger partial charge >= 0.3 is 6.61 Å². The van der Waals surface area contributed by atoms with E-state index in [1.54, 1.807) is 35.4 Å². The number of hydrogen-bond donors (Lipinski definition) is 4. The van der Waals surface area contributed by atoms with Gasteiger partial charge in [0.2, 0.25) is 12.3 Å². The minimum atomic E-state index is -2.89. The first-order valence-corrected chi connectivity index (χ1v) is 14.9. The molecule has 0 aromatic heterocycles. The number of nitrogens with two attached hydrogens (primary N) is 2. The van der Waals surface area contributed by atoms with Crippen LogP contribution in [0.15, 0.2) is 78.4 Å². The summed E-state index contributed by atoms with van der Waals surface area (Å²) in [4.78, 5) is 32.7. The standard InChI is InChI=1S/C30H36F2N2O3.C3H6.CH4N2.CH3NO/c1-5-20(2)17-21(3)22(4)33-34(15-9-6-10-16-35)28(36)19-23-13-14-26-27(18-23)24-11-7-8-12-25(24)29(26)37-30(31)32;1-3-2;2*2-1-3/h5,7-8,11-14,16-18,22,29-30,33H,6,9-10,15,19H2,1-4H3;3H,1H2,2H3;1H,(H3,2,3);1H,(H2,2,3)/b20-5-,21-17+;;;/t22-,29?;;;/m1.../s1. The lowest BCUT2D eigenvalue weighted by atomic mass is 10.0. The highest BCUT2D eigenvalue weighted by Gasteiger charge is 2.31. The predicted molar refractivity (Wildman–Crippen MR) is 181 cm³/mol. The number of fused-ring (bicyclic) bond motifs is 3. The van der Waals surface area contributed by atoms with E-state index in [0.717, 1.165) is 40.5 Å². The molecular weight excluding hydrogens is 592 g/mol. The summed E-state index contributed by atoms with van der Waals surface area (Å²) in [6.07, 6.45) is 8.94. The zero-order valence-corrected chi connectivity index (χ0v) is 27.5. The molecule has 2 aromatic carbocycles. The highest BCUT2D eigenvalue weighted by molar-refractivity contribution is 5.82. The summed E-state index contributed by atoms with van der Waals surface area (Å²) in [5.41, 5.74) is 18.0. The molecule has 6 N–H and O–H groups in total. The van der Waals surface area contributed by atoms with Crippen LogP contribution in [0.2, 0.25) is 0 Å². The van der Waals surface area contributed by atoms with Crippen LogP contribution in [-0.2, 0) is 25.5 Å². The van der Waals surface area contributed by atoms with Crippen LogP contribution in [0.4, 0.5) is 8.78 Å². The average Bonchev–Trinajstić information content (AvgIpc) is 3.31. The van der Waals surface area contributed by atoms with Gasteiger partial charge in [-0.3, -0.25) is 20.0 Å². The van der Waals surface area contributed by atoms with Crippen molar-refractivity contribution >= 4 is 24.9 Å². The number of halogens is 2. The summed E-state index contributed by atoms with van der Waals surface area (Å²) >= 11 is 0. The number of nitrogens with zero attached hydrogens (tertiary/aromatic N) is 1. The minimum absolute atomic E-state index is 0.0657. The van der Waals surface area contributed by atoms with Gasteiger partial charge < -0.3 is 21.0 Å². The Morgan fingerprint density at radius 3 is 2.24 bits per heavy atom. The minimum Gasteiger partial charge on any atom is -0.390 e. The van der Waals surface area contributed by atoms with Crippen molar-refractivity contribution in [1.82, 2.24) is 10.4 Å². The molecule has 0 bridgehead atoms. The summed E-state index contributed by atoms with van der Waals surface area (Å²) in [7, 11) is 0. The fraction of sp³-hybridized carbons (Fsp3) is 0.371. The van der Waals surface area contributed by atoms with Crippen LogP contribution in [0.3, 0.4) is 0 Å². The molecule has 2 aromatic rings. The lowest BCUT2D eigenvalue weighted by Gasteiger charge is -2.28. The molecular formula is C35H49F2N5O4.